The van der Waals surface area contributed by atoms with E-state index in [4.69, 9.17) is 14.5 Å². The Kier molecular flexibility index (Phi) is 8.94. The normalized spacial score (nSPS) is 15.4. The number of Topliss-reactive ketones (excluding diaryl/α,β-unsaturated/α-hetero) is 1. The molecule has 1 aliphatic carbocycles. The van der Waals surface area contributed by atoms with Crippen LogP contribution in [-0.4, -0.2) is 70.2 Å². The van der Waals surface area contributed by atoms with Gasteiger partial charge in [0.25, 0.3) is 5.91 Å². The van der Waals surface area contributed by atoms with Crippen LogP contribution in [0.1, 0.15) is 37.3 Å². The van der Waals surface area contributed by atoms with Gasteiger partial charge in [-0.15, -0.1) is 11.3 Å². The Balaban J connectivity index is 1.07. The molecule has 6 rings (SSSR count). The Morgan fingerprint density at radius 2 is 1.77 bits per heavy atom. The number of benzene rings is 1. The van der Waals surface area contributed by atoms with Gasteiger partial charge in [0.1, 0.15) is 11.5 Å². The number of halogens is 1. The van der Waals surface area contributed by atoms with Crippen LogP contribution in [0.5, 0.6) is 11.5 Å². The summed E-state index contributed by atoms with van der Waals surface area (Å²) in [4.78, 5) is 49.4. The van der Waals surface area contributed by atoms with E-state index in [1.54, 1.807) is 29.3 Å². The molecule has 0 spiro atoms. The van der Waals surface area contributed by atoms with Gasteiger partial charge in [0.15, 0.2) is 18.2 Å². The summed E-state index contributed by atoms with van der Waals surface area (Å²) in [5, 5.41) is 0. The minimum Gasteiger partial charge on any atom is -0.456 e. The number of carbonyl (C=O) groups excluding carboxylic acids is 3. The fourth-order valence-corrected chi connectivity index (χ4v) is 6.30. The largest absolute Gasteiger partial charge is 0.456 e. The molecule has 1 saturated carbocycles. The van der Waals surface area contributed by atoms with Gasteiger partial charge in [0, 0.05) is 70.9 Å². The average Bonchev–Trinajstić information content (AvgIpc) is 3.71. The molecule has 1 saturated heterocycles. The fourth-order valence-electron chi connectivity index (χ4n) is 5.25. The minimum absolute atomic E-state index is 0.0999. The summed E-state index contributed by atoms with van der Waals surface area (Å²) in [6.07, 6.45) is 6.54. The van der Waals surface area contributed by atoms with Crippen molar-refractivity contribution in [1.29, 1.82) is 0 Å². The van der Waals surface area contributed by atoms with E-state index < -0.39 is 11.8 Å². The molecule has 1 amide bonds. The van der Waals surface area contributed by atoms with E-state index >= 15 is 0 Å². The first-order chi connectivity index (χ1) is 21.3. The van der Waals surface area contributed by atoms with Gasteiger partial charge in [-0.2, -0.15) is 0 Å². The van der Waals surface area contributed by atoms with Crippen molar-refractivity contribution in [3.8, 4) is 22.1 Å². The summed E-state index contributed by atoms with van der Waals surface area (Å²) in [6, 6.07) is 12.4. The fraction of sp³-hybridized carbons (Fsp3) is 0.364. The maximum absolute atomic E-state index is 15.0. The molecule has 1 aliphatic heterocycles. The summed E-state index contributed by atoms with van der Waals surface area (Å²) < 4.78 is 26.6. The number of nitrogens with zero attached hydrogens (tertiary/aromatic N) is 4. The zero-order valence-corrected chi connectivity index (χ0v) is 25.3. The Morgan fingerprint density at radius 1 is 0.977 bits per heavy atom. The number of hydrogen-bond acceptors (Lipinski definition) is 9. The van der Waals surface area contributed by atoms with E-state index in [1.807, 2.05) is 24.4 Å². The van der Waals surface area contributed by atoms with Gasteiger partial charge in [-0.1, -0.05) is 12.1 Å². The van der Waals surface area contributed by atoms with Crippen molar-refractivity contribution in [2.45, 2.75) is 39.2 Å². The molecule has 4 heterocycles. The first-order valence-corrected chi connectivity index (χ1v) is 15.6. The van der Waals surface area contributed by atoms with Crippen molar-refractivity contribution in [1.82, 2.24) is 19.8 Å². The van der Waals surface area contributed by atoms with Crippen LogP contribution >= 0.6 is 11.3 Å². The van der Waals surface area contributed by atoms with E-state index in [9.17, 15) is 18.8 Å². The highest BCUT2D eigenvalue weighted by Gasteiger charge is 2.25. The summed E-state index contributed by atoms with van der Waals surface area (Å²) in [6.45, 7) is 4.40. The molecule has 9 nitrogen and oxygen atoms in total. The molecule has 2 aliphatic rings. The predicted molar refractivity (Wildman–Crippen MR) is 164 cm³/mol. The third-order valence-electron chi connectivity index (χ3n) is 7.81. The molecule has 3 aromatic heterocycles. The highest BCUT2D eigenvalue weighted by molar-refractivity contribution is 7.22. The van der Waals surface area contributed by atoms with E-state index in [0.717, 1.165) is 52.3 Å². The molecule has 11 heteroatoms. The Hall–Kier alpha value is -4.22. The molecule has 0 atom stereocenters. The molecule has 0 radical (unpaired) electrons. The van der Waals surface area contributed by atoms with Crippen LogP contribution in [0.15, 0.2) is 54.9 Å². The van der Waals surface area contributed by atoms with Crippen LogP contribution in [0.25, 0.3) is 20.8 Å². The van der Waals surface area contributed by atoms with Crippen molar-refractivity contribution >= 4 is 39.2 Å². The van der Waals surface area contributed by atoms with Crippen molar-refractivity contribution in [3.63, 3.8) is 0 Å². The summed E-state index contributed by atoms with van der Waals surface area (Å²) in [7, 11) is 0. The minimum atomic E-state index is -0.504. The lowest BCUT2D eigenvalue weighted by Crippen LogP contribution is -2.49. The second-order valence-electron chi connectivity index (χ2n) is 11.4. The SMILES string of the molecule is CC(=O)OCC(=O)N1CCN(Cc2ccc(-c3cc4nccc(Oc5ccc(CC(=O)CC6CC6)cc5F)c4s3)nc2)CC1. The molecule has 0 bridgehead atoms. The third-order valence-corrected chi connectivity index (χ3v) is 8.98. The number of rotatable bonds is 11. The molecule has 4 aromatic rings. The lowest BCUT2D eigenvalue weighted by atomic mass is 10.0. The zero-order valence-electron chi connectivity index (χ0n) is 24.5. The van der Waals surface area contributed by atoms with Crippen molar-refractivity contribution < 1.29 is 28.2 Å². The Bertz CT molecular complexity index is 1680. The van der Waals surface area contributed by atoms with Crippen molar-refractivity contribution in [3.05, 3.63) is 71.8 Å². The predicted octanol–water partition coefficient (Wildman–Crippen LogP) is 5.41. The quantitative estimate of drug-likeness (QED) is 0.206. The molecular weight excluding hydrogens is 583 g/mol. The molecule has 2 fully saturated rings. The second kappa shape index (κ2) is 13.2. The number of thiophene rings is 1. The van der Waals surface area contributed by atoms with E-state index in [0.29, 0.717) is 43.3 Å². The number of hydrogen-bond donors (Lipinski definition) is 0. The lowest BCUT2D eigenvalue weighted by Gasteiger charge is -2.34. The molecule has 44 heavy (non-hydrogen) atoms. The Labute approximate surface area is 258 Å². The average molecular weight is 617 g/mol. The number of amides is 1. The highest BCUT2D eigenvalue weighted by atomic mass is 32.1. The second-order valence-corrected chi connectivity index (χ2v) is 12.4. The van der Waals surface area contributed by atoms with Crippen LogP contribution in [0, 0.1) is 11.7 Å². The van der Waals surface area contributed by atoms with E-state index in [1.165, 1.54) is 24.3 Å². The topological polar surface area (TPSA) is 102 Å². The van der Waals surface area contributed by atoms with Gasteiger partial charge in [0.05, 0.1) is 20.8 Å². The number of ether oxygens (including phenoxy) is 2. The summed E-state index contributed by atoms with van der Waals surface area (Å²) >= 11 is 1.48. The summed E-state index contributed by atoms with van der Waals surface area (Å²) in [5.74, 6) is 0.130. The van der Waals surface area contributed by atoms with Gasteiger partial charge in [-0.25, -0.2) is 4.39 Å². The van der Waals surface area contributed by atoms with Crippen LogP contribution in [0.4, 0.5) is 4.39 Å². The van der Waals surface area contributed by atoms with Gasteiger partial charge in [-0.3, -0.25) is 29.3 Å². The number of pyridine rings is 2. The number of fused-ring (bicyclic) bond motifs is 1. The standard InChI is InChI=1S/C33H33FN4O5S/c1-21(39)42-20-32(41)38-12-10-37(11-13-38)19-24-4-6-27(36-18-24)31-17-28-33(44-31)30(8-9-35-28)43-29-7-5-23(16-26(29)34)15-25(40)14-22-2-3-22/h4-9,16-18,22H,2-3,10-15,19-20H2,1H3. The molecule has 0 N–H and O–H groups in total. The first kappa shape index (κ1) is 29.8. The van der Waals surface area contributed by atoms with Crippen molar-refractivity contribution in [2.75, 3.05) is 32.8 Å². The highest BCUT2D eigenvalue weighted by Crippen LogP contribution is 2.39. The van der Waals surface area contributed by atoms with E-state index in [-0.39, 0.29) is 30.5 Å². The first-order valence-electron chi connectivity index (χ1n) is 14.8. The molecule has 228 valence electrons. The number of piperazine rings is 1. The van der Waals surface area contributed by atoms with Gasteiger partial charge in [-0.05, 0) is 54.2 Å². The van der Waals surface area contributed by atoms with Gasteiger partial charge < -0.3 is 14.4 Å². The number of carbonyl (C=O) groups is 3. The van der Waals surface area contributed by atoms with Crippen LogP contribution in [-0.2, 0) is 32.1 Å². The van der Waals surface area contributed by atoms with Crippen LogP contribution in [0.2, 0.25) is 0 Å². The Morgan fingerprint density at radius 3 is 2.48 bits per heavy atom. The van der Waals surface area contributed by atoms with E-state index in [2.05, 4.69) is 9.88 Å². The van der Waals surface area contributed by atoms with Crippen LogP contribution in [0.3, 0.4) is 0 Å². The number of aromatic nitrogens is 2. The maximum Gasteiger partial charge on any atom is 0.303 e. The monoisotopic (exact) mass is 616 g/mol. The maximum atomic E-state index is 15.0. The number of ketones is 1. The zero-order chi connectivity index (χ0) is 30.6. The summed E-state index contributed by atoms with van der Waals surface area (Å²) in [5.41, 5.74) is 3.25. The molecular formula is C33H33FN4O5S. The number of esters is 1. The molecule has 0 unspecified atom stereocenters. The molecule has 1 aromatic carbocycles. The smallest absolute Gasteiger partial charge is 0.303 e. The van der Waals surface area contributed by atoms with Gasteiger partial charge in [0.2, 0.25) is 0 Å². The van der Waals surface area contributed by atoms with Gasteiger partial charge >= 0.3 is 5.97 Å². The van der Waals surface area contributed by atoms with Crippen molar-refractivity contribution in [2.24, 2.45) is 5.92 Å². The third kappa shape index (κ3) is 7.46. The lowest BCUT2D eigenvalue weighted by molar-refractivity contribution is -0.151. The van der Waals surface area contributed by atoms with Crippen LogP contribution < -0.4 is 4.74 Å².